The number of halogens is 4. The minimum atomic E-state index is -0.642. The average molecular weight is 536 g/mol. The lowest BCUT2D eigenvalue weighted by atomic mass is 10.1. The Balaban J connectivity index is 2.09. The van der Waals surface area contributed by atoms with Crippen LogP contribution in [0, 0.1) is 0 Å². The minimum Gasteiger partial charge on any atom is -0.354 e. The molecule has 0 saturated carbocycles. The summed E-state index contributed by atoms with van der Waals surface area (Å²) in [7, 11) is 0. The van der Waals surface area contributed by atoms with Crippen molar-refractivity contribution in [1.29, 1.82) is 0 Å². The lowest BCUT2D eigenvalue weighted by Crippen LogP contribution is -2.48. The largest absolute Gasteiger partial charge is 0.354 e. The molecule has 0 aliphatic carbocycles. The quantitative estimate of drug-likeness (QED) is 0.319. The van der Waals surface area contributed by atoms with Crippen LogP contribution >= 0.6 is 58.2 Å². The first-order valence-electron chi connectivity index (χ1n) is 10.3. The number of hydrogen-bond donors (Lipinski definition) is 1. The Labute approximate surface area is 213 Å². The zero-order valence-corrected chi connectivity index (χ0v) is 21.8. The van der Waals surface area contributed by atoms with E-state index in [-0.39, 0.29) is 24.1 Å². The Morgan fingerprint density at radius 3 is 2.44 bits per heavy atom. The molecule has 2 amide bonds. The van der Waals surface area contributed by atoms with Gasteiger partial charge in [-0.1, -0.05) is 71.9 Å². The second kappa shape index (κ2) is 13.6. The predicted molar refractivity (Wildman–Crippen MR) is 137 cm³/mol. The van der Waals surface area contributed by atoms with E-state index in [1.807, 2.05) is 6.07 Å². The van der Waals surface area contributed by atoms with Gasteiger partial charge in [-0.3, -0.25) is 9.59 Å². The van der Waals surface area contributed by atoms with Crippen molar-refractivity contribution >= 4 is 70.0 Å². The van der Waals surface area contributed by atoms with Gasteiger partial charge in [0.05, 0.1) is 15.8 Å². The first-order valence-corrected chi connectivity index (χ1v) is 12.9. The Kier molecular flexibility index (Phi) is 11.5. The fourth-order valence-corrected chi connectivity index (χ4v) is 4.57. The number of benzene rings is 2. The Morgan fingerprint density at radius 1 is 1.03 bits per heavy atom. The highest BCUT2D eigenvalue weighted by atomic mass is 35.5. The maximum absolute atomic E-state index is 13.1. The van der Waals surface area contributed by atoms with E-state index in [1.54, 1.807) is 42.2 Å². The lowest BCUT2D eigenvalue weighted by Gasteiger charge is -2.29. The molecule has 2 rings (SSSR count). The number of unbranched alkanes of at least 4 members (excludes halogenated alkanes) is 1. The third kappa shape index (κ3) is 8.35. The maximum Gasteiger partial charge on any atom is 0.242 e. The van der Waals surface area contributed by atoms with Crippen molar-refractivity contribution in [2.45, 2.75) is 45.0 Å². The van der Waals surface area contributed by atoms with Crippen LogP contribution in [-0.2, 0) is 21.9 Å². The van der Waals surface area contributed by atoms with E-state index in [9.17, 15) is 9.59 Å². The van der Waals surface area contributed by atoms with Gasteiger partial charge in [0.2, 0.25) is 11.8 Å². The molecule has 4 nitrogen and oxygen atoms in total. The third-order valence-electron chi connectivity index (χ3n) is 4.83. The van der Waals surface area contributed by atoms with E-state index >= 15 is 0 Å². The normalized spacial score (nSPS) is 11.8. The maximum atomic E-state index is 13.1. The summed E-state index contributed by atoms with van der Waals surface area (Å²) in [5, 5.41) is 4.84. The van der Waals surface area contributed by atoms with Crippen LogP contribution in [0.25, 0.3) is 0 Å². The molecule has 0 spiro atoms. The fourth-order valence-electron chi connectivity index (χ4n) is 2.92. The molecule has 9 heteroatoms. The van der Waals surface area contributed by atoms with Gasteiger partial charge in [-0.2, -0.15) is 0 Å². The average Bonchev–Trinajstić information content (AvgIpc) is 2.75. The van der Waals surface area contributed by atoms with Crippen molar-refractivity contribution in [1.82, 2.24) is 10.2 Å². The molecule has 2 aromatic carbocycles. The highest BCUT2D eigenvalue weighted by molar-refractivity contribution is 7.99. The summed E-state index contributed by atoms with van der Waals surface area (Å²) < 4.78 is 0. The smallest absolute Gasteiger partial charge is 0.242 e. The molecule has 32 heavy (non-hydrogen) atoms. The van der Waals surface area contributed by atoms with Gasteiger partial charge in [0, 0.05) is 28.9 Å². The summed E-state index contributed by atoms with van der Waals surface area (Å²) in [5.41, 5.74) is 1.70. The molecule has 0 radical (unpaired) electrons. The molecular formula is C23H26Cl4N2O2S. The van der Waals surface area contributed by atoms with Crippen LogP contribution in [-0.4, -0.2) is 35.1 Å². The molecular weight excluding hydrogens is 510 g/mol. The zero-order chi connectivity index (χ0) is 23.7. The van der Waals surface area contributed by atoms with Gasteiger partial charge in [-0.25, -0.2) is 0 Å². The number of amides is 2. The van der Waals surface area contributed by atoms with Crippen molar-refractivity contribution in [3.63, 3.8) is 0 Å². The molecule has 0 unspecified atom stereocenters. The molecule has 0 bridgehead atoms. The van der Waals surface area contributed by atoms with Gasteiger partial charge < -0.3 is 10.2 Å². The van der Waals surface area contributed by atoms with E-state index in [2.05, 4.69) is 12.2 Å². The number of carbonyl (C=O) groups excluding carboxylic acids is 2. The molecule has 174 valence electrons. The number of carbonyl (C=O) groups is 2. The SMILES string of the molecule is CCCCNC(=O)[C@@H](C)N(Cc1ccc(Cl)cc1Cl)C(=O)CSCc1ccc(Cl)c(Cl)c1. The summed E-state index contributed by atoms with van der Waals surface area (Å²) >= 11 is 25.8. The van der Waals surface area contributed by atoms with Crippen LogP contribution in [0.15, 0.2) is 36.4 Å². The van der Waals surface area contributed by atoms with E-state index in [0.29, 0.717) is 32.4 Å². The molecule has 1 atom stereocenters. The van der Waals surface area contributed by atoms with Gasteiger partial charge in [-0.15, -0.1) is 11.8 Å². The van der Waals surface area contributed by atoms with Gasteiger partial charge in [0.25, 0.3) is 0 Å². The monoisotopic (exact) mass is 534 g/mol. The number of thioether (sulfide) groups is 1. The second-order valence-corrected chi connectivity index (χ2v) is 9.96. The highest BCUT2D eigenvalue weighted by Gasteiger charge is 2.26. The Hall–Kier alpha value is -1.11. The predicted octanol–water partition coefficient (Wildman–Crippen LogP) is 6.87. The highest BCUT2D eigenvalue weighted by Crippen LogP contribution is 2.26. The first kappa shape index (κ1) is 27.1. The van der Waals surface area contributed by atoms with Crippen LogP contribution in [0.4, 0.5) is 0 Å². The fraction of sp³-hybridized carbons (Fsp3) is 0.391. The summed E-state index contributed by atoms with van der Waals surface area (Å²) in [5.74, 6) is 0.457. The molecule has 0 aromatic heterocycles. The standard InChI is InChI=1S/C23H26Cl4N2O2S/c1-3-4-9-28-23(31)15(2)29(12-17-6-7-18(24)11-20(17)26)22(30)14-32-13-16-5-8-19(25)21(27)10-16/h5-8,10-11,15H,3-4,9,12-14H2,1-2H3,(H,28,31)/t15-/m1/s1. The van der Waals surface area contributed by atoms with Crippen LogP contribution < -0.4 is 5.32 Å². The van der Waals surface area contributed by atoms with Crippen molar-refractivity contribution in [2.24, 2.45) is 0 Å². The van der Waals surface area contributed by atoms with Crippen LogP contribution in [0.5, 0.6) is 0 Å². The first-order chi connectivity index (χ1) is 15.2. The third-order valence-corrected chi connectivity index (χ3v) is 7.15. The Morgan fingerprint density at radius 2 is 1.78 bits per heavy atom. The second-order valence-electron chi connectivity index (χ2n) is 7.32. The van der Waals surface area contributed by atoms with Crippen LogP contribution in [0.2, 0.25) is 20.1 Å². The van der Waals surface area contributed by atoms with E-state index in [4.69, 9.17) is 46.4 Å². The minimum absolute atomic E-state index is 0.154. The molecule has 0 heterocycles. The number of rotatable bonds is 11. The van der Waals surface area contributed by atoms with Crippen molar-refractivity contribution < 1.29 is 9.59 Å². The zero-order valence-electron chi connectivity index (χ0n) is 18.0. The lowest BCUT2D eigenvalue weighted by molar-refractivity contribution is -0.138. The number of nitrogens with zero attached hydrogens (tertiary/aromatic N) is 1. The van der Waals surface area contributed by atoms with Crippen molar-refractivity contribution in [3.8, 4) is 0 Å². The topological polar surface area (TPSA) is 49.4 Å². The summed E-state index contributed by atoms with van der Waals surface area (Å²) in [6.45, 7) is 4.58. The number of nitrogens with one attached hydrogen (secondary N) is 1. The van der Waals surface area contributed by atoms with Crippen molar-refractivity contribution in [2.75, 3.05) is 12.3 Å². The van der Waals surface area contributed by atoms with Crippen LogP contribution in [0.3, 0.4) is 0 Å². The van der Waals surface area contributed by atoms with Gasteiger partial charge in [0.15, 0.2) is 0 Å². The van der Waals surface area contributed by atoms with Crippen LogP contribution in [0.1, 0.15) is 37.8 Å². The Bertz CT molecular complexity index is 942. The van der Waals surface area contributed by atoms with Crippen molar-refractivity contribution in [3.05, 3.63) is 67.6 Å². The molecule has 0 aliphatic rings. The molecule has 2 aromatic rings. The van der Waals surface area contributed by atoms with Gasteiger partial charge >= 0.3 is 0 Å². The van der Waals surface area contributed by atoms with E-state index < -0.39 is 6.04 Å². The molecule has 0 saturated heterocycles. The van der Waals surface area contributed by atoms with Gasteiger partial charge in [0.1, 0.15) is 6.04 Å². The van der Waals surface area contributed by atoms with E-state index in [1.165, 1.54) is 11.8 Å². The molecule has 0 fully saturated rings. The summed E-state index contributed by atoms with van der Waals surface area (Å²) in [4.78, 5) is 27.3. The summed E-state index contributed by atoms with van der Waals surface area (Å²) in [6.07, 6.45) is 1.86. The van der Waals surface area contributed by atoms with E-state index in [0.717, 1.165) is 24.0 Å². The summed E-state index contributed by atoms with van der Waals surface area (Å²) in [6, 6.07) is 9.88. The number of hydrogen-bond acceptors (Lipinski definition) is 3. The molecule has 1 N–H and O–H groups in total. The van der Waals surface area contributed by atoms with Gasteiger partial charge in [-0.05, 0) is 48.7 Å². The molecule has 0 aliphatic heterocycles.